The van der Waals surface area contributed by atoms with Crippen molar-refractivity contribution in [1.82, 2.24) is 9.55 Å². The number of hydrogen-bond acceptors (Lipinski definition) is 2. The molecule has 14 heavy (non-hydrogen) atoms. The molecule has 1 heterocycles. The van der Waals surface area contributed by atoms with Crippen molar-refractivity contribution in [3.05, 3.63) is 12.4 Å². The quantitative estimate of drug-likeness (QED) is 0.766. The normalized spacial score (nSPS) is 11.7. The summed E-state index contributed by atoms with van der Waals surface area (Å²) in [4.78, 5) is 4.23. The Morgan fingerprint density at radius 1 is 1.57 bits per heavy atom. The van der Waals surface area contributed by atoms with Crippen molar-refractivity contribution in [2.45, 2.75) is 27.3 Å². The molecule has 1 aromatic heterocycles. The van der Waals surface area contributed by atoms with E-state index < -0.39 is 0 Å². The maximum atomic E-state index is 5.84. The number of nitrogens with one attached hydrogen (secondary N) is 1. The fourth-order valence-corrected chi connectivity index (χ4v) is 1.19. The topological polar surface area (TPSA) is 29.9 Å². The van der Waals surface area contributed by atoms with Gasteiger partial charge >= 0.3 is 0 Å². The van der Waals surface area contributed by atoms with E-state index in [4.69, 9.17) is 11.6 Å². The molecule has 0 saturated heterocycles. The van der Waals surface area contributed by atoms with Crippen molar-refractivity contribution in [3.63, 3.8) is 0 Å². The fraction of sp³-hybridized carbons (Fsp3) is 0.700. The van der Waals surface area contributed by atoms with Crippen molar-refractivity contribution in [2.24, 2.45) is 5.41 Å². The van der Waals surface area contributed by atoms with Crippen LogP contribution >= 0.6 is 11.6 Å². The van der Waals surface area contributed by atoms with E-state index in [1.165, 1.54) is 0 Å². The summed E-state index contributed by atoms with van der Waals surface area (Å²) in [5.41, 5.74) is 0.103. The van der Waals surface area contributed by atoms with Gasteiger partial charge in [0, 0.05) is 31.4 Å². The van der Waals surface area contributed by atoms with Gasteiger partial charge in [-0.2, -0.15) is 0 Å². The first-order valence-electron chi connectivity index (χ1n) is 4.90. The van der Waals surface area contributed by atoms with Gasteiger partial charge in [-0.25, -0.2) is 4.98 Å². The summed E-state index contributed by atoms with van der Waals surface area (Å²) in [6.07, 6.45) is 3.77. The van der Waals surface area contributed by atoms with Gasteiger partial charge in [0.15, 0.2) is 0 Å². The van der Waals surface area contributed by atoms with E-state index in [2.05, 4.69) is 35.6 Å². The molecule has 3 nitrogen and oxygen atoms in total. The molecule has 0 atom stereocenters. The number of aromatic nitrogens is 2. The van der Waals surface area contributed by atoms with Gasteiger partial charge in [0.25, 0.3) is 0 Å². The largest absolute Gasteiger partial charge is 0.355 e. The molecular formula is C10H18ClN3. The predicted molar refractivity (Wildman–Crippen MR) is 60.9 cm³/mol. The smallest absolute Gasteiger partial charge is 0.202 e. The molecule has 1 rings (SSSR count). The summed E-state index contributed by atoms with van der Waals surface area (Å²) >= 11 is 5.84. The molecule has 0 aliphatic carbocycles. The summed E-state index contributed by atoms with van der Waals surface area (Å²) in [6.45, 7) is 8.13. The number of alkyl halides is 1. The number of aryl methyl sites for hydroxylation is 1. The second kappa shape index (κ2) is 4.69. The van der Waals surface area contributed by atoms with Crippen LogP contribution in [0.15, 0.2) is 12.4 Å². The fourth-order valence-electron chi connectivity index (χ4n) is 1.10. The van der Waals surface area contributed by atoms with Gasteiger partial charge in [0.2, 0.25) is 5.95 Å². The van der Waals surface area contributed by atoms with Crippen molar-refractivity contribution >= 4 is 17.5 Å². The molecule has 0 unspecified atom stereocenters. The molecule has 0 amide bonds. The highest BCUT2D eigenvalue weighted by atomic mass is 35.5. The summed E-state index contributed by atoms with van der Waals surface area (Å²) in [5.74, 6) is 1.57. The lowest BCUT2D eigenvalue weighted by Crippen LogP contribution is -2.25. The van der Waals surface area contributed by atoms with E-state index in [1.807, 2.05) is 6.20 Å². The van der Waals surface area contributed by atoms with E-state index in [9.17, 15) is 0 Å². The van der Waals surface area contributed by atoms with Crippen LogP contribution in [0.3, 0.4) is 0 Å². The van der Waals surface area contributed by atoms with Gasteiger partial charge in [0.1, 0.15) is 0 Å². The number of halogens is 1. The Hall–Kier alpha value is -0.700. The van der Waals surface area contributed by atoms with Crippen molar-refractivity contribution in [1.29, 1.82) is 0 Å². The third kappa shape index (κ3) is 2.91. The number of imidazole rings is 1. The molecule has 80 valence electrons. The summed E-state index contributed by atoms with van der Waals surface area (Å²) in [5, 5.41) is 3.30. The highest BCUT2D eigenvalue weighted by molar-refractivity contribution is 6.18. The Morgan fingerprint density at radius 2 is 2.29 bits per heavy atom. The molecule has 1 N–H and O–H groups in total. The molecule has 1 aromatic rings. The van der Waals surface area contributed by atoms with E-state index in [-0.39, 0.29) is 5.41 Å². The summed E-state index contributed by atoms with van der Waals surface area (Å²) in [6, 6.07) is 0. The van der Waals surface area contributed by atoms with Crippen LogP contribution in [0.2, 0.25) is 0 Å². The minimum absolute atomic E-state index is 0.103. The van der Waals surface area contributed by atoms with Crippen LogP contribution in [0.25, 0.3) is 0 Å². The Balaban J connectivity index is 2.53. The van der Waals surface area contributed by atoms with Crippen LogP contribution in [-0.2, 0) is 6.54 Å². The molecule has 0 radical (unpaired) electrons. The molecule has 0 bridgehead atoms. The van der Waals surface area contributed by atoms with Gasteiger partial charge in [-0.05, 0) is 12.3 Å². The van der Waals surface area contributed by atoms with E-state index in [0.717, 1.165) is 19.0 Å². The number of anilines is 1. The average Bonchev–Trinajstić information content (AvgIpc) is 2.62. The van der Waals surface area contributed by atoms with Crippen LogP contribution in [0.1, 0.15) is 20.8 Å². The molecule has 0 saturated carbocycles. The minimum Gasteiger partial charge on any atom is -0.355 e. The zero-order valence-electron chi connectivity index (χ0n) is 9.05. The third-order valence-electron chi connectivity index (χ3n) is 2.14. The first-order chi connectivity index (χ1) is 6.59. The molecule has 0 spiro atoms. The second-order valence-corrected chi connectivity index (χ2v) is 4.46. The zero-order chi connectivity index (χ0) is 10.6. The first-order valence-corrected chi connectivity index (χ1v) is 5.43. The van der Waals surface area contributed by atoms with Crippen LogP contribution < -0.4 is 5.32 Å². The van der Waals surface area contributed by atoms with E-state index >= 15 is 0 Å². The summed E-state index contributed by atoms with van der Waals surface area (Å²) < 4.78 is 2.07. The lowest BCUT2D eigenvalue weighted by Gasteiger charge is -2.22. The molecule has 0 aliphatic rings. The molecule has 4 heteroatoms. The maximum absolute atomic E-state index is 5.84. The molecule has 0 aromatic carbocycles. The second-order valence-electron chi connectivity index (χ2n) is 4.19. The van der Waals surface area contributed by atoms with Crippen molar-refractivity contribution in [2.75, 3.05) is 17.7 Å². The Labute approximate surface area is 90.5 Å². The molecule has 0 aliphatic heterocycles. The number of rotatable bonds is 5. The first kappa shape index (κ1) is 11.4. The third-order valence-corrected chi connectivity index (χ3v) is 2.87. The minimum atomic E-state index is 0.103. The standard InChI is InChI=1S/C10H18ClN3/c1-4-14-6-5-12-9(14)13-8-10(2,3)7-11/h5-6H,4,7-8H2,1-3H3,(H,12,13). The highest BCUT2D eigenvalue weighted by Gasteiger charge is 2.16. The zero-order valence-corrected chi connectivity index (χ0v) is 9.80. The van der Waals surface area contributed by atoms with E-state index in [0.29, 0.717) is 5.88 Å². The van der Waals surface area contributed by atoms with Crippen LogP contribution in [0.4, 0.5) is 5.95 Å². The van der Waals surface area contributed by atoms with Gasteiger partial charge in [-0.3, -0.25) is 0 Å². The Morgan fingerprint density at radius 3 is 2.86 bits per heavy atom. The van der Waals surface area contributed by atoms with Crippen LogP contribution in [0, 0.1) is 5.41 Å². The monoisotopic (exact) mass is 215 g/mol. The average molecular weight is 216 g/mol. The summed E-state index contributed by atoms with van der Waals surface area (Å²) in [7, 11) is 0. The highest BCUT2D eigenvalue weighted by Crippen LogP contribution is 2.17. The van der Waals surface area contributed by atoms with Gasteiger partial charge in [0.05, 0.1) is 0 Å². The van der Waals surface area contributed by atoms with Crippen LogP contribution in [0.5, 0.6) is 0 Å². The Kier molecular flexibility index (Phi) is 3.81. The molecule has 0 fully saturated rings. The Bertz CT molecular complexity index is 281. The van der Waals surface area contributed by atoms with Crippen LogP contribution in [-0.4, -0.2) is 22.0 Å². The number of nitrogens with zero attached hydrogens (tertiary/aromatic N) is 2. The predicted octanol–water partition coefficient (Wildman–Crippen LogP) is 2.58. The van der Waals surface area contributed by atoms with Gasteiger partial charge in [-0.1, -0.05) is 13.8 Å². The maximum Gasteiger partial charge on any atom is 0.202 e. The lowest BCUT2D eigenvalue weighted by atomic mass is 9.97. The van der Waals surface area contributed by atoms with Crippen molar-refractivity contribution in [3.8, 4) is 0 Å². The van der Waals surface area contributed by atoms with Gasteiger partial charge in [-0.15, -0.1) is 11.6 Å². The lowest BCUT2D eigenvalue weighted by molar-refractivity contribution is 0.448. The van der Waals surface area contributed by atoms with E-state index in [1.54, 1.807) is 6.20 Å². The van der Waals surface area contributed by atoms with Gasteiger partial charge < -0.3 is 9.88 Å². The molecular weight excluding hydrogens is 198 g/mol. The van der Waals surface area contributed by atoms with Crippen molar-refractivity contribution < 1.29 is 0 Å². The number of hydrogen-bond donors (Lipinski definition) is 1. The SMILES string of the molecule is CCn1ccnc1NCC(C)(C)CCl.